The van der Waals surface area contributed by atoms with Crippen LogP contribution in [0.2, 0.25) is 0 Å². The molecule has 0 fully saturated rings. The molecule has 0 aliphatic heterocycles. The van der Waals surface area contributed by atoms with Crippen molar-refractivity contribution in [1.82, 2.24) is 0 Å². The second-order valence-electron chi connectivity index (χ2n) is 2.79. The predicted octanol–water partition coefficient (Wildman–Crippen LogP) is 1.43. The highest BCUT2D eigenvalue weighted by atomic mass is 16.3. The van der Waals surface area contributed by atoms with E-state index in [1.165, 1.54) is 13.0 Å². The minimum absolute atomic E-state index is 0.0764. The molecular formula is C9H11O2. The molecule has 2 N–H and O–H groups in total. The molecule has 1 radical (unpaired) electrons. The van der Waals surface area contributed by atoms with Crippen molar-refractivity contribution in [2.24, 2.45) is 0 Å². The number of para-hydroxylation sites is 1. The Balaban J connectivity index is 3.14. The lowest BCUT2D eigenvalue weighted by Crippen LogP contribution is -2.15. The Kier molecular flexibility index (Phi) is 1.87. The lowest BCUT2D eigenvalue weighted by Gasteiger charge is -2.18. The highest BCUT2D eigenvalue weighted by molar-refractivity contribution is 5.36. The van der Waals surface area contributed by atoms with Gasteiger partial charge in [-0.25, -0.2) is 0 Å². The quantitative estimate of drug-likeness (QED) is 0.637. The zero-order valence-electron chi connectivity index (χ0n) is 6.41. The van der Waals surface area contributed by atoms with Gasteiger partial charge in [0, 0.05) is 5.56 Å². The van der Waals surface area contributed by atoms with Crippen LogP contribution in [0.3, 0.4) is 0 Å². The number of phenols is 1. The minimum Gasteiger partial charge on any atom is -0.508 e. The number of aliphatic hydroxyl groups is 1. The molecule has 0 saturated heterocycles. The van der Waals surface area contributed by atoms with Gasteiger partial charge in [-0.1, -0.05) is 18.2 Å². The maximum atomic E-state index is 9.40. The molecule has 0 heterocycles. The van der Waals surface area contributed by atoms with Crippen LogP contribution in [-0.2, 0) is 5.60 Å². The first-order valence-electron chi connectivity index (χ1n) is 3.38. The van der Waals surface area contributed by atoms with Crippen molar-refractivity contribution in [2.75, 3.05) is 0 Å². The molecule has 1 rings (SSSR count). The number of hydrogen-bond acceptors (Lipinski definition) is 2. The second kappa shape index (κ2) is 2.55. The first kappa shape index (κ1) is 8.08. The zero-order chi connectivity index (χ0) is 8.48. The van der Waals surface area contributed by atoms with Gasteiger partial charge >= 0.3 is 0 Å². The first-order valence-corrected chi connectivity index (χ1v) is 3.38. The maximum Gasteiger partial charge on any atom is 0.121 e. The summed E-state index contributed by atoms with van der Waals surface area (Å²) < 4.78 is 0. The Hall–Kier alpha value is -1.02. The van der Waals surface area contributed by atoms with Crippen molar-refractivity contribution in [2.45, 2.75) is 12.5 Å². The third-order valence-electron chi connectivity index (χ3n) is 1.48. The highest BCUT2D eigenvalue weighted by Crippen LogP contribution is 2.27. The molecule has 0 bridgehead atoms. The normalized spacial score (nSPS) is 11.5. The molecule has 0 aliphatic rings. The third kappa shape index (κ3) is 1.71. The zero-order valence-corrected chi connectivity index (χ0v) is 6.41. The molecule has 0 spiro atoms. The van der Waals surface area contributed by atoms with E-state index in [1.807, 2.05) is 0 Å². The standard InChI is InChI=1S/C9H11O2/c1-9(2,11)7-5-3-4-6-8(7)10/h3-6,10-11H,1H2,2H3. The van der Waals surface area contributed by atoms with Gasteiger partial charge in [0.05, 0.1) is 5.60 Å². The molecule has 1 aromatic carbocycles. The average molecular weight is 151 g/mol. The fourth-order valence-corrected chi connectivity index (χ4v) is 0.929. The van der Waals surface area contributed by atoms with Crippen LogP contribution < -0.4 is 0 Å². The number of benzene rings is 1. The molecule has 2 heteroatoms. The molecule has 1 unspecified atom stereocenters. The third-order valence-corrected chi connectivity index (χ3v) is 1.48. The van der Waals surface area contributed by atoms with Gasteiger partial charge in [-0.15, -0.1) is 0 Å². The first-order chi connectivity index (χ1) is 5.02. The van der Waals surface area contributed by atoms with E-state index >= 15 is 0 Å². The monoisotopic (exact) mass is 151 g/mol. The topological polar surface area (TPSA) is 40.5 Å². The van der Waals surface area contributed by atoms with E-state index in [-0.39, 0.29) is 5.75 Å². The lowest BCUT2D eigenvalue weighted by atomic mass is 9.98. The maximum absolute atomic E-state index is 9.40. The number of aromatic hydroxyl groups is 1. The van der Waals surface area contributed by atoms with Crippen LogP contribution in [0.5, 0.6) is 5.75 Å². The van der Waals surface area contributed by atoms with Gasteiger partial charge in [0.1, 0.15) is 5.75 Å². The van der Waals surface area contributed by atoms with Gasteiger partial charge in [0.2, 0.25) is 0 Å². The summed E-state index contributed by atoms with van der Waals surface area (Å²) in [6.45, 7) is 5.03. The molecule has 0 amide bonds. The Morgan fingerprint density at radius 3 is 2.27 bits per heavy atom. The molecule has 1 aromatic rings. The summed E-state index contributed by atoms with van der Waals surface area (Å²) in [4.78, 5) is 0. The number of hydrogen-bond donors (Lipinski definition) is 2. The molecule has 0 saturated carbocycles. The van der Waals surface area contributed by atoms with E-state index in [2.05, 4.69) is 6.92 Å². The molecule has 0 aliphatic carbocycles. The summed E-state index contributed by atoms with van der Waals surface area (Å²) in [6.07, 6.45) is 0. The summed E-state index contributed by atoms with van der Waals surface area (Å²) in [7, 11) is 0. The van der Waals surface area contributed by atoms with Gasteiger partial charge in [-0.05, 0) is 19.9 Å². The van der Waals surface area contributed by atoms with Gasteiger partial charge < -0.3 is 10.2 Å². The summed E-state index contributed by atoms with van der Waals surface area (Å²) in [5.41, 5.74) is -0.772. The Labute approximate surface area is 66.1 Å². The highest BCUT2D eigenvalue weighted by Gasteiger charge is 2.18. The van der Waals surface area contributed by atoms with Crippen molar-refractivity contribution >= 4 is 0 Å². The second-order valence-corrected chi connectivity index (χ2v) is 2.79. The van der Waals surface area contributed by atoms with Gasteiger partial charge in [0.25, 0.3) is 0 Å². The van der Waals surface area contributed by atoms with E-state index in [0.29, 0.717) is 5.56 Å². The van der Waals surface area contributed by atoms with E-state index in [4.69, 9.17) is 0 Å². The number of rotatable bonds is 1. The summed E-state index contributed by atoms with van der Waals surface area (Å²) in [5, 5.41) is 18.6. The van der Waals surface area contributed by atoms with Crippen molar-refractivity contribution < 1.29 is 10.2 Å². The van der Waals surface area contributed by atoms with Crippen molar-refractivity contribution in [3.05, 3.63) is 36.8 Å². The Morgan fingerprint density at radius 1 is 1.36 bits per heavy atom. The van der Waals surface area contributed by atoms with Crippen LogP contribution in [0.25, 0.3) is 0 Å². The van der Waals surface area contributed by atoms with E-state index in [1.54, 1.807) is 18.2 Å². The van der Waals surface area contributed by atoms with E-state index in [9.17, 15) is 10.2 Å². The molecular weight excluding hydrogens is 140 g/mol. The van der Waals surface area contributed by atoms with Gasteiger partial charge in [0.15, 0.2) is 0 Å². The lowest BCUT2D eigenvalue weighted by molar-refractivity contribution is 0.105. The average Bonchev–Trinajstić information content (AvgIpc) is 1.86. The van der Waals surface area contributed by atoms with E-state index in [0.717, 1.165) is 0 Å². The van der Waals surface area contributed by atoms with Crippen molar-refractivity contribution in [3.8, 4) is 5.75 Å². The molecule has 0 aromatic heterocycles. The summed E-state index contributed by atoms with van der Waals surface area (Å²) in [5.74, 6) is 0.0764. The van der Waals surface area contributed by atoms with Crippen LogP contribution in [0.4, 0.5) is 0 Å². The smallest absolute Gasteiger partial charge is 0.121 e. The Morgan fingerprint density at radius 2 is 1.91 bits per heavy atom. The predicted molar refractivity (Wildman–Crippen MR) is 43.0 cm³/mol. The number of phenolic OH excluding ortho intramolecular Hbond substituents is 1. The molecule has 59 valence electrons. The fourth-order valence-electron chi connectivity index (χ4n) is 0.929. The van der Waals surface area contributed by atoms with E-state index < -0.39 is 5.60 Å². The largest absolute Gasteiger partial charge is 0.508 e. The molecule has 2 nitrogen and oxygen atoms in total. The Bertz CT molecular complexity index is 248. The van der Waals surface area contributed by atoms with Crippen LogP contribution in [-0.4, -0.2) is 10.2 Å². The SMILES string of the molecule is [CH2]C(C)(O)c1ccccc1O. The fraction of sp³-hybridized carbons (Fsp3) is 0.222. The minimum atomic E-state index is -1.22. The van der Waals surface area contributed by atoms with Crippen molar-refractivity contribution in [1.29, 1.82) is 0 Å². The van der Waals surface area contributed by atoms with Crippen LogP contribution in [0, 0.1) is 6.92 Å². The van der Waals surface area contributed by atoms with Crippen LogP contribution in [0.1, 0.15) is 12.5 Å². The van der Waals surface area contributed by atoms with Gasteiger partial charge in [-0.2, -0.15) is 0 Å². The van der Waals surface area contributed by atoms with Crippen molar-refractivity contribution in [3.63, 3.8) is 0 Å². The van der Waals surface area contributed by atoms with Crippen LogP contribution in [0.15, 0.2) is 24.3 Å². The molecule has 1 atom stereocenters. The summed E-state index contributed by atoms with van der Waals surface area (Å²) in [6, 6.07) is 6.61. The molecule has 11 heavy (non-hydrogen) atoms. The van der Waals surface area contributed by atoms with Gasteiger partial charge in [-0.3, -0.25) is 0 Å². The summed E-state index contributed by atoms with van der Waals surface area (Å²) >= 11 is 0. The van der Waals surface area contributed by atoms with Crippen LogP contribution >= 0.6 is 0 Å².